The van der Waals surface area contributed by atoms with Crippen LogP contribution in [-0.4, -0.2) is 86.7 Å². The molecule has 0 bridgehead atoms. The van der Waals surface area contributed by atoms with Gasteiger partial charge >= 0.3 is 23.9 Å². The van der Waals surface area contributed by atoms with E-state index >= 15 is 0 Å². The van der Waals surface area contributed by atoms with Crippen LogP contribution in [0.15, 0.2) is 22.8 Å². The molecular formula is C34H52O12. The monoisotopic (exact) mass is 652 g/mol. The summed E-state index contributed by atoms with van der Waals surface area (Å²) in [6.45, 7) is 12.6. The topological polar surface area (TPSA) is 175 Å². The van der Waals surface area contributed by atoms with Gasteiger partial charge in [0.1, 0.15) is 23.4 Å². The Morgan fingerprint density at radius 1 is 0.935 bits per heavy atom. The Balaban J connectivity index is 2.22. The smallest absolute Gasteiger partial charge is 0.334 e. The quantitative estimate of drug-likeness (QED) is 0.0866. The number of esters is 4. The summed E-state index contributed by atoms with van der Waals surface area (Å²) in [6, 6.07) is 0. The minimum absolute atomic E-state index is 0.000943. The maximum absolute atomic E-state index is 13.4. The van der Waals surface area contributed by atoms with Gasteiger partial charge in [-0.05, 0) is 58.6 Å². The number of ether oxygens (including phenoxy) is 5. The molecule has 0 amide bonds. The molecule has 0 spiro atoms. The van der Waals surface area contributed by atoms with Crippen molar-refractivity contribution in [1.82, 2.24) is 0 Å². The van der Waals surface area contributed by atoms with Gasteiger partial charge in [0, 0.05) is 31.8 Å². The van der Waals surface area contributed by atoms with Crippen molar-refractivity contribution in [2.24, 2.45) is 5.92 Å². The SMILES string of the molecule is C/C=C(/C)C(=O)O[C@H]1C(C)=C2[C@H]([C@@H]1OC(=O)CCCCCCC)[C@@](C)(OC(C)=O)C[C@H](OC(=O)CCC)[C@@]1(O)[C@H]2OC(O)[C@@]1(C)O. The largest absolute Gasteiger partial charge is 0.459 e. The summed E-state index contributed by atoms with van der Waals surface area (Å²) in [5.41, 5.74) is -5.68. The van der Waals surface area contributed by atoms with Crippen LogP contribution in [-0.2, 0) is 42.9 Å². The molecule has 1 heterocycles. The van der Waals surface area contributed by atoms with E-state index in [1.807, 2.05) is 0 Å². The number of allylic oxidation sites excluding steroid dienone is 1. The first-order valence-electron chi connectivity index (χ1n) is 16.4. The second-order valence-corrected chi connectivity index (χ2v) is 13.2. The summed E-state index contributed by atoms with van der Waals surface area (Å²) >= 11 is 0. The minimum Gasteiger partial charge on any atom is -0.459 e. The maximum Gasteiger partial charge on any atom is 0.334 e. The van der Waals surface area contributed by atoms with Crippen LogP contribution in [0.5, 0.6) is 0 Å². The average Bonchev–Trinajstić information content (AvgIpc) is 3.30. The lowest BCUT2D eigenvalue weighted by Gasteiger charge is -2.43. The number of aliphatic hydroxyl groups excluding tert-OH is 1. The van der Waals surface area contributed by atoms with Crippen LogP contribution in [0, 0.1) is 5.92 Å². The van der Waals surface area contributed by atoms with E-state index in [9.17, 15) is 34.5 Å². The number of aliphatic hydroxyl groups is 3. The summed E-state index contributed by atoms with van der Waals surface area (Å²) in [5, 5.41) is 34.9. The second kappa shape index (κ2) is 15.0. The molecule has 1 saturated heterocycles. The highest BCUT2D eigenvalue weighted by Gasteiger charge is 2.75. The first-order valence-corrected chi connectivity index (χ1v) is 16.4. The average molecular weight is 653 g/mol. The lowest BCUT2D eigenvalue weighted by atomic mass is 9.75. The fourth-order valence-corrected chi connectivity index (χ4v) is 7.02. The van der Waals surface area contributed by atoms with Crippen molar-refractivity contribution in [3.63, 3.8) is 0 Å². The molecule has 12 nitrogen and oxygen atoms in total. The number of carbonyl (C=O) groups is 4. The third-order valence-corrected chi connectivity index (χ3v) is 9.67. The van der Waals surface area contributed by atoms with Crippen molar-refractivity contribution < 1.29 is 58.2 Å². The first-order chi connectivity index (χ1) is 21.5. The molecule has 3 N–H and O–H groups in total. The number of hydrogen-bond donors (Lipinski definition) is 3. The van der Waals surface area contributed by atoms with Crippen LogP contribution in [0.3, 0.4) is 0 Å². The molecule has 2 fully saturated rings. The Labute approximate surface area is 271 Å². The standard InChI is InChI=1S/C34H52O12/c1-9-12-13-14-15-17-24(37)43-28-26-25(20(5)27(28)44-30(38)19(4)11-3)29-34(41,33(8,40)31(39)45-29)22(42-23(36)16-10-2)18-32(26,7)46-21(6)35/h11,22,26-29,31,39-41H,9-10,12-18H2,1-8H3/b19-11-/t22-,26+,27-,28-,29-,31?,32-,33+,34+/m0/s1. The molecule has 0 aromatic carbocycles. The van der Waals surface area contributed by atoms with Crippen LogP contribution in [0.2, 0.25) is 0 Å². The van der Waals surface area contributed by atoms with Gasteiger partial charge in [0.2, 0.25) is 0 Å². The molecule has 3 aliphatic rings. The van der Waals surface area contributed by atoms with E-state index in [-0.39, 0.29) is 24.8 Å². The van der Waals surface area contributed by atoms with Crippen molar-refractivity contribution in [3.8, 4) is 0 Å². The van der Waals surface area contributed by atoms with Gasteiger partial charge in [-0.15, -0.1) is 0 Å². The summed E-state index contributed by atoms with van der Waals surface area (Å²) in [7, 11) is 0. The fourth-order valence-electron chi connectivity index (χ4n) is 7.02. The Morgan fingerprint density at radius 2 is 1.57 bits per heavy atom. The first kappa shape index (κ1) is 37.7. The van der Waals surface area contributed by atoms with E-state index in [4.69, 9.17) is 23.7 Å². The maximum atomic E-state index is 13.4. The molecule has 0 aromatic heterocycles. The van der Waals surface area contributed by atoms with E-state index < -0.39 is 77.3 Å². The Hall–Kier alpha value is -2.80. The highest BCUT2D eigenvalue weighted by atomic mass is 16.7. The van der Waals surface area contributed by atoms with Crippen LogP contribution in [0.1, 0.15) is 113 Å². The molecule has 1 unspecified atom stereocenters. The van der Waals surface area contributed by atoms with E-state index in [1.165, 1.54) is 6.92 Å². The number of unbranched alkanes of at least 4 members (excludes halogenated alkanes) is 4. The van der Waals surface area contributed by atoms with Crippen molar-refractivity contribution in [1.29, 1.82) is 0 Å². The van der Waals surface area contributed by atoms with Crippen molar-refractivity contribution in [2.45, 2.75) is 161 Å². The molecular weight excluding hydrogens is 600 g/mol. The number of hydrogen-bond acceptors (Lipinski definition) is 12. The van der Waals surface area contributed by atoms with Crippen LogP contribution in [0.4, 0.5) is 0 Å². The molecule has 3 rings (SSSR count). The Morgan fingerprint density at radius 3 is 2.15 bits per heavy atom. The highest BCUT2D eigenvalue weighted by molar-refractivity contribution is 5.88. The van der Waals surface area contributed by atoms with Gasteiger partial charge in [0.15, 0.2) is 24.1 Å². The van der Waals surface area contributed by atoms with Crippen LogP contribution < -0.4 is 0 Å². The van der Waals surface area contributed by atoms with Gasteiger partial charge in [-0.2, -0.15) is 0 Å². The summed E-state index contributed by atoms with van der Waals surface area (Å²) in [4.78, 5) is 52.0. The van der Waals surface area contributed by atoms with E-state index in [1.54, 1.807) is 40.7 Å². The Bertz CT molecular complexity index is 1220. The Kier molecular flexibility index (Phi) is 12.2. The summed E-state index contributed by atoms with van der Waals surface area (Å²) < 4.78 is 29.6. The van der Waals surface area contributed by atoms with E-state index in [0.29, 0.717) is 24.0 Å². The zero-order chi connectivity index (χ0) is 34.6. The van der Waals surface area contributed by atoms with Gasteiger partial charge < -0.3 is 39.0 Å². The van der Waals surface area contributed by atoms with Crippen molar-refractivity contribution in [3.05, 3.63) is 22.8 Å². The number of rotatable bonds is 13. The normalized spacial score (nSPS) is 35.6. The molecule has 1 saturated carbocycles. The van der Waals surface area contributed by atoms with E-state index in [0.717, 1.165) is 32.6 Å². The molecule has 0 radical (unpaired) electrons. The van der Waals surface area contributed by atoms with Gasteiger partial charge in [0.25, 0.3) is 0 Å². The third kappa shape index (κ3) is 7.19. The zero-order valence-corrected chi connectivity index (χ0v) is 28.4. The zero-order valence-electron chi connectivity index (χ0n) is 28.4. The molecule has 260 valence electrons. The molecule has 12 heteroatoms. The second-order valence-electron chi connectivity index (χ2n) is 13.2. The third-order valence-electron chi connectivity index (χ3n) is 9.67. The highest BCUT2D eigenvalue weighted by Crippen LogP contribution is 2.58. The molecule has 0 aromatic rings. The molecule has 1 aliphatic heterocycles. The predicted octanol–water partition coefficient (Wildman–Crippen LogP) is 3.72. The lowest BCUT2D eigenvalue weighted by Crippen LogP contribution is -2.65. The lowest BCUT2D eigenvalue weighted by molar-refractivity contribution is -0.228. The van der Waals surface area contributed by atoms with Gasteiger partial charge in [-0.3, -0.25) is 14.4 Å². The number of carbonyl (C=O) groups excluding carboxylic acids is 4. The van der Waals surface area contributed by atoms with Gasteiger partial charge in [0.05, 0.1) is 5.92 Å². The van der Waals surface area contributed by atoms with Crippen LogP contribution >= 0.6 is 0 Å². The van der Waals surface area contributed by atoms with Gasteiger partial charge in [-0.25, -0.2) is 4.79 Å². The van der Waals surface area contributed by atoms with Gasteiger partial charge in [-0.1, -0.05) is 45.6 Å². The predicted molar refractivity (Wildman–Crippen MR) is 165 cm³/mol. The fraction of sp³-hybridized carbons (Fsp3) is 0.765. The number of fused-ring (bicyclic) bond motifs is 3. The van der Waals surface area contributed by atoms with Crippen molar-refractivity contribution in [2.75, 3.05) is 0 Å². The minimum atomic E-state index is -2.46. The molecule has 9 atom stereocenters. The van der Waals surface area contributed by atoms with Crippen molar-refractivity contribution >= 4 is 23.9 Å². The summed E-state index contributed by atoms with van der Waals surface area (Å²) in [5.74, 6) is -3.73. The summed E-state index contributed by atoms with van der Waals surface area (Å²) in [6.07, 6.45) is -1.29. The molecule has 2 aliphatic carbocycles. The molecule has 46 heavy (non-hydrogen) atoms. The van der Waals surface area contributed by atoms with E-state index in [2.05, 4.69) is 6.92 Å². The van der Waals surface area contributed by atoms with Crippen LogP contribution in [0.25, 0.3) is 0 Å².